The van der Waals surface area contributed by atoms with Crippen molar-refractivity contribution in [2.24, 2.45) is 0 Å². The van der Waals surface area contributed by atoms with Crippen LogP contribution in [0.5, 0.6) is 0 Å². The zero-order valence-corrected chi connectivity index (χ0v) is 21.2. The second-order valence-corrected chi connectivity index (χ2v) is 9.83. The first-order valence-corrected chi connectivity index (χ1v) is 13.0. The summed E-state index contributed by atoms with van der Waals surface area (Å²) in [5.41, 5.74) is 1.98. The van der Waals surface area contributed by atoms with E-state index in [-0.39, 0.29) is 30.9 Å². The van der Waals surface area contributed by atoms with Crippen molar-refractivity contribution < 1.29 is 22.8 Å². The lowest BCUT2D eigenvalue weighted by Gasteiger charge is -2.28. The summed E-state index contributed by atoms with van der Waals surface area (Å²) in [6.45, 7) is 2.66. The molecule has 0 atom stereocenters. The van der Waals surface area contributed by atoms with Gasteiger partial charge in [0, 0.05) is 42.7 Å². The van der Waals surface area contributed by atoms with Crippen molar-refractivity contribution in [1.29, 1.82) is 0 Å². The van der Waals surface area contributed by atoms with Crippen LogP contribution in [0.1, 0.15) is 62.1 Å². The Morgan fingerprint density at radius 2 is 1.73 bits per heavy atom. The van der Waals surface area contributed by atoms with Crippen molar-refractivity contribution >= 4 is 22.7 Å². The molecule has 0 saturated heterocycles. The zero-order valence-electron chi connectivity index (χ0n) is 21.2. The maximum atomic E-state index is 13.5. The number of hydrogen-bond donors (Lipinski definition) is 1. The molecule has 1 heterocycles. The van der Waals surface area contributed by atoms with Crippen LogP contribution in [-0.4, -0.2) is 45.7 Å². The smallest absolute Gasteiger partial charge is 0.361 e. The van der Waals surface area contributed by atoms with E-state index in [9.17, 15) is 22.8 Å². The van der Waals surface area contributed by atoms with Gasteiger partial charge in [-0.15, -0.1) is 0 Å². The van der Waals surface area contributed by atoms with E-state index in [0.717, 1.165) is 60.7 Å². The summed E-state index contributed by atoms with van der Waals surface area (Å²) in [6, 6.07) is 13.0. The highest BCUT2D eigenvalue weighted by Gasteiger charge is 2.34. The summed E-state index contributed by atoms with van der Waals surface area (Å²) in [4.78, 5) is 33.0. The highest BCUT2D eigenvalue weighted by Crippen LogP contribution is 2.30. The van der Waals surface area contributed by atoms with Gasteiger partial charge in [0.25, 0.3) is 0 Å². The fraction of sp³-hybridized carbons (Fsp3) is 0.448. The lowest BCUT2D eigenvalue weighted by Crippen LogP contribution is -2.44. The molecule has 2 aromatic carbocycles. The molecule has 4 rings (SSSR count). The summed E-state index contributed by atoms with van der Waals surface area (Å²) < 4.78 is 39.1. The number of carbonyl (C=O) groups is 2. The van der Waals surface area contributed by atoms with E-state index >= 15 is 0 Å². The molecular formula is C29H34F3N3O2. The van der Waals surface area contributed by atoms with Crippen molar-refractivity contribution in [3.05, 3.63) is 71.4 Å². The summed E-state index contributed by atoms with van der Waals surface area (Å²) in [6.07, 6.45) is 3.15. The molecule has 37 heavy (non-hydrogen) atoms. The minimum absolute atomic E-state index is 0.00411. The second kappa shape index (κ2) is 11.8. The molecule has 1 aliphatic carbocycles. The summed E-state index contributed by atoms with van der Waals surface area (Å²) in [7, 11) is 0. The normalized spacial score (nSPS) is 13.6. The number of H-pyrrole nitrogens is 1. The Hall–Kier alpha value is -3.29. The number of para-hydroxylation sites is 1. The number of carbonyl (C=O) groups excluding carboxylic acids is 2. The first kappa shape index (κ1) is 26.8. The number of nitrogens with one attached hydrogen (secondary N) is 1. The largest absolute Gasteiger partial charge is 0.416 e. The predicted molar refractivity (Wildman–Crippen MR) is 138 cm³/mol. The number of nitrogens with zero attached hydrogens (tertiary/aromatic N) is 2. The highest BCUT2D eigenvalue weighted by molar-refractivity contribution is 5.86. The van der Waals surface area contributed by atoms with Crippen LogP contribution in [0, 0.1) is 0 Å². The molecule has 2 amide bonds. The Morgan fingerprint density at radius 3 is 2.41 bits per heavy atom. The van der Waals surface area contributed by atoms with Crippen LogP contribution in [0.2, 0.25) is 0 Å². The van der Waals surface area contributed by atoms with Gasteiger partial charge in [0.15, 0.2) is 0 Å². The topological polar surface area (TPSA) is 56.4 Å². The van der Waals surface area contributed by atoms with E-state index in [1.165, 1.54) is 12.1 Å². The standard InChI is InChI=1S/C29H34F3N3O2/c1-2-3-4-9-27(36)35(24-14-15-24)20-28(37)34(19-21-10-12-23(13-11-21)29(30,31)32)17-16-22-18-33-26-8-6-5-7-25(22)26/h5-8,10-13,18,24,33H,2-4,9,14-17,19-20H2,1H3. The summed E-state index contributed by atoms with van der Waals surface area (Å²) in [5.74, 6) is -0.175. The van der Waals surface area contributed by atoms with Gasteiger partial charge in [0.05, 0.1) is 5.56 Å². The fourth-order valence-corrected chi connectivity index (χ4v) is 4.63. The third-order valence-electron chi connectivity index (χ3n) is 6.94. The van der Waals surface area contributed by atoms with Crippen LogP contribution >= 0.6 is 0 Å². The lowest BCUT2D eigenvalue weighted by atomic mass is 10.1. The number of amides is 2. The molecule has 0 aliphatic heterocycles. The van der Waals surface area contributed by atoms with E-state index in [4.69, 9.17) is 0 Å². The van der Waals surface area contributed by atoms with Crippen LogP contribution in [0.25, 0.3) is 10.9 Å². The van der Waals surface area contributed by atoms with Gasteiger partial charge in [-0.05, 0) is 55.0 Å². The molecule has 1 fully saturated rings. The molecule has 198 valence electrons. The lowest BCUT2D eigenvalue weighted by molar-refractivity contribution is -0.141. The van der Waals surface area contributed by atoms with E-state index < -0.39 is 11.7 Å². The SMILES string of the molecule is CCCCCC(=O)N(CC(=O)N(CCc1c[nH]c2ccccc12)Cc1ccc(C(F)(F)F)cc1)C1CC1. The van der Waals surface area contributed by atoms with E-state index in [1.807, 2.05) is 30.5 Å². The third-order valence-corrected chi connectivity index (χ3v) is 6.94. The fourth-order valence-electron chi connectivity index (χ4n) is 4.63. The number of aromatic amines is 1. The molecule has 3 aromatic rings. The number of hydrogen-bond acceptors (Lipinski definition) is 2. The van der Waals surface area contributed by atoms with Crippen LogP contribution < -0.4 is 0 Å². The first-order valence-electron chi connectivity index (χ1n) is 13.0. The molecular weight excluding hydrogens is 479 g/mol. The quantitative estimate of drug-likeness (QED) is 0.288. The monoisotopic (exact) mass is 513 g/mol. The molecule has 1 aliphatic rings. The molecule has 0 radical (unpaired) electrons. The Labute approximate surface area is 215 Å². The molecule has 0 unspecified atom stereocenters. The number of aromatic nitrogens is 1. The number of fused-ring (bicyclic) bond motifs is 1. The summed E-state index contributed by atoms with van der Waals surface area (Å²) >= 11 is 0. The van der Waals surface area contributed by atoms with Crippen molar-refractivity contribution in [3.8, 4) is 0 Å². The van der Waals surface area contributed by atoms with Crippen molar-refractivity contribution in [2.75, 3.05) is 13.1 Å². The number of alkyl halides is 3. The number of benzene rings is 2. The van der Waals surface area contributed by atoms with Gasteiger partial charge in [-0.1, -0.05) is 50.1 Å². The van der Waals surface area contributed by atoms with Gasteiger partial charge in [0.1, 0.15) is 6.54 Å². The number of halogens is 3. The molecule has 1 saturated carbocycles. The number of rotatable bonds is 12. The molecule has 5 nitrogen and oxygen atoms in total. The minimum Gasteiger partial charge on any atom is -0.361 e. The maximum Gasteiger partial charge on any atom is 0.416 e. The molecule has 0 spiro atoms. The van der Waals surface area contributed by atoms with Gasteiger partial charge in [0.2, 0.25) is 11.8 Å². The Balaban J connectivity index is 1.49. The summed E-state index contributed by atoms with van der Waals surface area (Å²) in [5, 5.41) is 1.08. The molecule has 0 bridgehead atoms. The predicted octanol–water partition coefficient (Wildman–Crippen LogP) is 6.33. The zero-order chi connectivity index (χ0) is 26.4. The van der Waals surface area contributed by atoms with Gasteiger partial charge < -0.3 is 14.8 Å². The Kier molecular flexibility index (Phi) is 8.56. The van der Waals surface area contributed by atoms with Crippen molar-refractivity contribution in [3.63, 3.8) is 0 Å². The van der Waals surface area contributed by atoms with Crippen molar-refractivity contribution in [2.45, 2.75) is 70.6 Å². The minimum atomic E-state index is -4.41. The molecule has 1 aromatic heterocycles. The van der Waals surface area contributed by atoms with E-state index in [2.05, 4.69) is 11.9 Å². The van der Waals surface area contributed by atoms with Crippen LogP contribution in [-0.2, 0) is 28.7 Å². The second-order valence-electron chi connectivity index (χ2n) is 9.83. The first-order chi connectivity index (χ1) is 17.8. The average Bonchev–Trinajstić information content (AvgIpc) is 3.64. The number of unbranched alkanes of at least 4 members (excludes halogenated alkanes) is 2. The van der Waals surface area contributed by atoms with Crippen LogP contribution in [0.15, 0.2) is 54.7 Å². The third kappa shape index (κ3) is 7.14. The van der Waals surface area contributed by atoms with Gasteiger partial charge in [-0.25, -0.2) is 0 Å². The van der Waals surface area contributed by atoms with Crippen LogP contribution in [0.3, 0.4) is 0 Å². The average molecular weight is 514 g/mol. The highest BCUT2D eigenvalue weighted by atomic mass is 19.4. The van der Waals surface area contributed by atoms with Gasteiger partial charge in [-0.2, -0.15) is 13.2 Å². The molecule has 8 heteroatoms. The van der Waals surface area contributed by atoms with Gasteiger partial charge in [-0.3, -0.25) is 9.59 Å². The maximum absolute atomic E-state index is 13.5. The van der Waals surface area contributed by atoms with Crippen molar-refractivity contribution in [1.82, 2.24) is 14.8 Å². The van der Waals surface area contributed by atoms with Gasteiger partial charge >= 0.3 is 6.18 Å². The van der Waals surface area contributed by atoms with E-state index in [1.54, 1.807) is 9.80 Å². The Bertz CT molecular complexity index is 1200. The molecule has 1 N–H and O–H groups in total. The van der Waals surface area contributed by atoms with Crippen LogP contribution in [0.4, 0.5) is 13.2 Å². The van der Waals surface area contributed by atoms with E-state index in [0.29, 0.717) is 24.9 Å². The Morgan fingerprint density at radius 1 is 1.00 bits per heavy atom.